The second-order valence-corrected chi connectivity index (χ2v) is 5.56. The Morgan fingerprint density at radius 1 is 1.14 bits per heavy atom. The molecule has 6 heteroatoms. The number of hydrogen-bond acceptors (Lipinski definition) is 4. The van der Waals surface area contributed by atoms with Crippen LogP contribution in [0.15, 0.2) is 42.6 Å². The maximum absolute atomic E-state index is 12.4. The maximum atomic E-state index is 12.4. The van der Waals surface area contributed by atoms with Gasteiger partial charge in [0.05, 0.1) is 5.69 Å². The van der Waals surface area contributed by atoms with Crippen molar-refractivity contribution in [1.82, 2.24) is 9.88 Å². The van der Waals surface area contributed by atoms with Gasteiger partial charge in [-0.15, -0.1) is 0 Å². The van der Waals surface area contributed by atoms with Crippen molar-refractivity contribution < 1.29 is 9.90 Å². The normalized spacial score (nSPS) is 15.0. The topological polar surface area (TPSA) is 56.7 Å². The lowest BCUT2D eigenvalue weighted by atomic mass is 10.2. The summed E-state index contributed by atoms with van der Waals surface area (Å²) in [7, 11) is 0. The number of aromatic nitrogens is 1. The summed E-state index contributed by atoms with van der Waals surface area (Å²) >= 11 is 5.90. The van der Waals surface area contributed by atoms with Crippen LogP contribution in [0, 0.1) is 0 Å². The lowest BCUT2D eigenvalue weighted by molar-refractivity contribution is 0.0741. The molecule has 1 aliphatic rings. The van der Waals surface area contributed by atoms with Crippen molar-refractivity contribution in [2.45, 2.75) is 0 Å². The number of phenols is 1. The van der Waals surface area contributed by atoms with Crippen molar-refractivity contribution in [1.29, 1.82) is 0 Å². The lowest BCUT2D eigenvalue weighted by Gasteiger charge is -2.36. The molecule has 0 aliphatic carbocycles. The van der Waals surface area contributed by atoms with E-state index in [2.05, 4.69) is 9.88 Å². The Morgan fingerprint density at radius 3 is 2.55 bits per heavy atom. The van der Waals surface area contributed by atoms with Crippen LogP contribution in [0.3, 0.4) is 0 Å². The number of hydrogen-bond donors (Lipinski definition) is 1. The van der Waals surface area contributed by atoms with Crippen LogP contribution in [0.25, 0.3) is 0 Å². The van der Waals surface area contributed by atoms with Gasteiger partial charge in [-0.1, -0.05) is 23.7 Å². The van der Waals surface area contributed by atoms with Crippen molar-refractivity contribution in [2.75, 3.05) is 31.1 Å². The van der Waals surface area contributed by atoms with Gasteiger partial charge in [0.15, 0.2) is 0 Å². The standard InChI is InChI=1S/C16H16ClN3O2/c17-12-5-6-18-13(11-12)16(22)20-9-7-19(8-10-20)14-3-1-2-4-15(14)21/h1-6,11,21H,7-10H2. The first kappa shape index (κ1) is 14.7. The molecule has 5 nitrogen and oxygen atoms in total. The number of aromatic hydroxyl groups is 1. The quantitative estimate of drug-likeness (QED) is 0.924. The molecule has 22 heavy (non-hydrogen) atoms. The Labute approximate surface area is 133 Å². The first-order chi connectivity index (χ1) is 10.6. The Balaban J connectivity index is 1.67. The summed E-state index contributed by atoms with van der Waals surface area (Å²) < 4.78 is 0. The molecule has 2 aromatic rings. The van der Waals surface area contributed by atoms with Gasteiger partial charge >= 0.3 is 0 Å². The van der Waals surface area contributed by atoms with E-state index in [1.165, 1.54) is 6.20 Å². The molecule has 3 rings (SSSR count). The fourth-order valence-corrected chi connectivity index (χ4v) is 2.73. The number of benzene rings is 1. The Hall–Kier alpha value is -2.27. The molecule has 1 aromatic heterocycles. The van der Waals surface area contributed by atoms with E-state index in [0.717, 1.165) is 5.69 Å². The third-order valence-corrected chi connectivity index (χ3v) is 3.97. The molecule has 1 aromatic carbocycles. The Kier molecular flexibility index (Phi) is 4.15. The molecule has 0 atom stereocenters. The molecule has 0 spiro atoms. The van der Waals surface area contributed by atoms with Gasteiger partial charge < -0.3 is 14.9 Å². The molecule has 1 amide bonds. The second-order valence-electron chi connectivity index (χ2n) is 5.13. The van der Waals surface area contributed by atoms with E-state index in [0.29, 0.717) is 36.9 Å². The highest BCUT2D eigenvalue weighted by Gasteiger charge is 2.24. The van der Waals surface area contributed by atoms with E-state index >= 15 is 0 Å². The number of halogens is 1. The van der Waals surface area contributed by atoms with Gasteiger partial charge in [0, 0.05) is 37.4 Å². The largest absolute Gasteiger partial charge is 0.506 e. The van der Waals surface area contributed by atoms with Crippen LogP contribution in [-0.4, -0.2) is 47.1 Å². The van der Waals surface area contributed by atoms with Gasteiger partial charge in [-0.3, -0.25) is 9.78 Å². The first-order valence-electron chi connectivity index (χ1n) is 7.09. The van der Waals surface area contributed by atoms with Crippen LogP contribution in [0.5, 0.6) is 5.75 Å². The number of anilines is 1. The average molecular weight is 318 g/mol. The summed E-state index contributed by atoms with van der Waals surface area (Å²) in [4.78, 5) is 20.3. The van der Waals surface area contributed by atoms with Crippen LogP contribution in [0.1, 0.15) is 10.5 Å². The first-order valence-corrected chi connectivity index (χ1v) is 7.47. The van der Waals surface area contributed by atoms with Crippen LogP contribution in [-0.2, 0) is 0 Å². The van der Waals surface area contributed by atoms with Crippen molar-refractivity contribution >= 4 is 23.2 Å². The number of carbonyl (C=O) groups excluding carboxylic acids is 1. The third-order valence-electron chi connectivity index (χ3n) is 3.73. The molecule has 2 heterocycles. The molecule has 114 valence electrons. The fourth-order valence-electron chi connectivity index (χ4n) is 2.57. The highest BCUT2D eigenvalue weighted by Crippen LogP contribution is 2.27. The number of phenolic OH excluding ortho intramolecular Hbond substituents is 1. The molecule has 0 unspecified atom stereocenters. The minimum absolute atomic E-state index is 0.112. The number of carbonyl (C=O) groups is 1. The number of nitrogens with zero attached hydrogens (tertiary/aromatic N) is 3. The summed E-state index contributed by atoms with van der Waals surface area (Å²) in [6.45, 7) is 2.51. The summed E-state index contributed by atoms with van der Waals surface area (Å²) in [6.07, 6.45) is 1.54. The summed E-state index contributed by atoms with van der Waals surface area (Å²) in [5.74, 6) is 0.151. The molecule has 1 saturated heterocycles. The minimum Gasteiger partial charge on any atom is -0.506 e. The second kappa shape index (κ2) is 6.23. The van der Waals surface area contributed by atoms with E-state index in [9.17, 15) is 9.90 Å². The molecular formula is C16H16ClN3O2. The predicted octanol–water partition coefficient (Wildman–Crippen LogP) is 2.40. The van der Waals surface area contributed by atoms with Crippen LogP contribution in [0.2, 0.25) is 5.02 Å². The zero-order valence-electron chi connectivity index (χ0n) is 11.9. The molecular weight excluding hydrogens is 302 g/mol. The lowest BCUT2D eigenvalue weighted by Crippen LogP contribution is -2.49. The van der Waals surface area contributed by atoms with Gasteiger partial charge in [-0.05, 0) is 24.3 Å². The number of pyridine rings is 1. The maximum Gasteiger partial charge on any atom is 0.272 e. The minimum atomic E-state index is -0.112. The van der Waals surface area contributed by atoms with Gasteiger partial charge in [0.25, 0.3) is 5.91 Å². The summed E-state index contributed by atoms with van der Waals surface area (Å²) in [6, 6.07) is 10.5. The van der Waals surface area contributed by atoms with Crippen LogP contribution >= 0.6 is 11.6 Å². The summed E-state index contributed by atoms with van der Waals surface area (Å²) in [5.41, 5.74) is 1.17. The molecule has 0 saturated carbocycles. The van der Waals surface area contributed by atoms with Gasteiger partial charge in [-0.2, -0.15) is 0 Å². The van der Waals surface area contributed by atoms with Crippen LogP contribution in [0.4, 0.5) is 5.69 Å². The zero-order valence-corrected chi connectivity index (χ0v) is 12.7. The number of para-hydroxylation sites is 2. The Bertz CT molecular complexity index is 685. The van der Waals surface area contributed by atoms with E-state index in [1.807, 2.05) is 12.1 Å². The highest BCUT2D eigenvalue weighted by molar-refractivity contribution is 6.30. The van der Waals surface area contributed by atoms with E-state index in [1.54, 1.807) is 29.2 Å². The van der Waals surface area contributed by atoms with Crippen molar-refractivity contribution in [3.8, 4) is 5.75 Å². The SMILES string of the molecule is O=C(c1cc(Cl)ccn1)N1CCN(c2ccccc2O)CC1. The van der Waals surface area contributed by atoms with Gasteiger partial charge in [0.2, 0.25) is 0 Å². The third kappa shape index (κ3) is 2.99. The molecule has 0 bridgehead atoms. The van der Waals surface area contributed by atoms with Crippen molar-refractivity contribution in [2.24, 2.45) is 0 Å². The van der Waals surface area contributed by atoms with E-state index in [4.69, 9.17) is 11.6 Å². The average Bonchev–Trinajstić information content (AvgIpc) is 2.55. The monoisotopic (exact) mass is 317 g/mol. The smallest absolute Gasteiger partial charge is 0.272 e. The molecule has 1 aliphatic heterocycles. The van der Waals surface area contributed by atoms with Gasteiger partial charge in [0.1, 0.15) is 11.4 Å². The molecule has 0 radical (unpaired) electrons. The number of rotatable bonds is 2. The van der Waals surface area contributed by atoms with Crippen LogP contribution < -0.4 is 4.90 Å². The fraction of sp³-hybridized carbons (Fsp3) is 0.250. The van der Waals surface area contributed by atoms with Crippen molar-refractivity contribution in [3.63, 3.8) is 0 Å². The number of piperazine rings is 1. The van der Waals surface area contributed by atoms with E-state index in [-0.39, 0.29) is 11.7 Å². The van der Waals surface area contributed by atoms with Gasteiger partial charge in [-0.25, -0.2) is 0 Å². The summed E-state index contributed by atoms with van der Waals surface area (Å²) in [5, 5.41) is 10.4. The zero-order chi connectivity index (χ0) is 15.5. The highest BCUT2D eigenvalue weighted by atomic mass is 35.5. The Morgan fingerprint density at radius 2 is 1.86 bits per heavy atom. The molecule has 1 N–H and O–H groups in total. The predicted molar refractivity (Wildman–Crippen MR) is 85.5 cm³/mol. The van der Waals surface area contributed by atoms with E-state index < -0.39 is 0 Å². The molecule has 1 fully saturated rings. The number of amides is 1. The van der Waals surface area contributed by atoms with Crippen molar-refractivity contribution in [3.05, 3.63) is 53.3 Å².